The molecule has 1 aliphatic carbocycles. The summed E-state index contributed by atoms with van der Waals surface area (Å²) in [6.45, 7) is 7.78. The molecule has 0 bridgehead atoms. The highest BCUT2D eigenvalue weighted by molar-refractivity contribution is 7.81. The fourth-order valence-corrected chi connectivity index (χ4v) is 5.83. The number of thiol groups is 1. The van der Waals surface area contributed by atoms with Gasteiger partial charge in [0.15, 0.2) is 5.50 Å². The first kappa shape index (κ1) is 23.9. The summed E-state index contributed by atoms with van der Waals surface area (Å²) in [6.07, 6.45) is 4.20. The fourth-order valence-electron chi connectivity index (χ4n) is 5.24. The van der Waals surface area contributed by atoms with Crippen LogP contribution in [0.1, 0.15) is 30.5 Å². The van der Waals surface area contributed by atoms with Crippen molar-refractivity contribution in [2.45, 2.75) is 37.2 Å². The maximum atomic E-state index is 13.7. The van der Waals surface area contributed by atoms with E-state index in [9.17, 15) is 10.1 Å². The zero-order valence-electron chi connectivity index (χ0n) is 20.4. The number of pyridine rings is 1. The standard InChI is InChI=1S/C26H32N6O2S/c1-19-16-21(18-28-23(19)17-27)31-24(33)26(8-3-9-26)32(25(31)35)20-4-6-22(7-5-20)34-15-14-30-12-10-29(2)11-13-30/h4-7,16,18,25,35H,3,8-15H2,1-2H3. The van der Waals surface area contributed by atoms with Crippen molar-refractivity contribution in [3.8, 4) is 11.8 Å². The van der Waals surface area contributed by atoms with Gasteiger partial charge in [-0.2, -0.15) is 5.26 Å². The van der Waals surface area contributed by atoms with Crippen LogP contribution in [-0.2, 0) is 4.79 Å². The van der Waals surface area contributed by atoms with Crippen LogP contribution in [-0.4, -0.2) is 78.1 Å². The van der Waals surface area contributed by atoms with E-state index >= 15 is 0 Å². The summed E-state index contributed by atoms with van der Waals surface area (Å²) in [5.74, 6) is 0.873. The van der Waals surface area contributed by atoms with Gasteiger partial charge in [0.1, 0.15) is 29.7 Å². The molecule has 0 N–H and O–H groups in total. The smallest absolute Gasteiger partial charge is 0.255 e. The van der Waals surface area contributed by atoms with Gasteiger partial charge in [-0.05, 0) is 69.1 Å². The third-order valence-electron chi connectivity index (χ3n) is 7.56. The normalized spacial score (nSPS) is 22.3. The Labute approximate surface area is 212 Å². The number of ether oxygens (including phenoxy) is 1. The van der Waals surface area contributed by atoms with Gasteiger partial charge in [0.05, 0.1) is 11.9 Å². The van der Waals surface area contributed by atoms with Crippen LogP contribution in [0, 0.1) is 18.3 Å². The molecule has 1 atom stereocenters. The van der Waals surface area contributed by atoms with Gasteiger partial charge in [-0.15, -0.1) is 12.6 Å². The molecule has 5 rings (SSSR count). The Morgan fingerprint density at radius 2 is 1.89 bits per heavy atom. The molecule has 0 radical (unpaired) electrons. The van der Waals surface area contributed by atoms with E-state index in [-0.39, 0.29) is 5.91 Å². The molecule has 9 heteroatoms. The topological polar surface area (TPSA) is 75.9 Å². The zero-order valence-corrected chi connectivity index (χ0v) is 21.2. The van der Waals surface area contributed by atoms with Crippen LogP contribution in [0.4, 0.5) is 11.4 Å². The Morgan fingerprint density at radius 1 is 1.17 bits per heavy atom. The second-order valence-corrected chi connectivity index (χ2v) is 10.2. The van der Waals surface area contributed by atoms with Crippen LogP contribution in [0.2, 0.25) is 0 Å². The zero-order chi connectivity index (χ0) is 24.6. The number of aromatic nitrogens is 1. The number of piperazine rings is 1. The number of hydrogen-bond acceptors (Lipinski definition) is 8. The highest BCUT2D eigenvalue weighted by Gasteiger charge is 2.60. The number of anilines is 2. The summed E-state index contributed by atoms with van der Waals surface area (Å²) >= 11 is 4.89. The van der Waals surface area contributed by atoms with Crippen molar-refractivity contribution in [3.05, 3.63) is 47.8 Å². The van der Waals surface area contributed by atoms with Gasteiger partial charge in [0, 0.05) is 38.4 Å². The Balaban J connectivity index is 1.30. The molecule has 3 aliphatic rings. The minimum Gasteiger partial charge on any atom is -0.492 e. The summed E-state index contributed by atoms with van der Waals surface area (Å²) < 4.78 is 6.01. The molecule has 1 saturated carbocycles. The number of aryl methyl sites for hydroxylation is 1. The number of nitriles is 1. The van der Waals surface area contributed by atoms with Crippen LogP contribution in [0.15, 0.2) is 36.5 Å². The van der Waals surface area contributed by atoms with Crippen molar-refractivity contribution in [1.29, 1.82) is 5.26 Å². The number of nitrogens with zero attached hydrogens (tertiary/aromatic N) is 6. The molecule has 3 fully saturated rings. The van der Waals surface area contributed by atoms with E-state index < -0.39 is 11.0 Å². The van der Waals surface area contributed by atoms with Gasteiger partial charge in [-0.3, -0.25) is 14.6 Å². The van der Waals surface area contributed by atoms with E-state index in [0.29, 0.717) is 18.0 Å². The van der Waals surface area contributed by atoms with Crippen molar-refractivity contribution in [1.82, 2.24) is 14.8 Å². The van der Waals surface area contributed by atoms with Gasteiger partial charge in [0.2, 0.25) is 0 Å². The van der Waals surface area contributed by atoms with E-state index in [1.807, 2.05) is 37.3 Å². The van der Waals surface area contributed by atoms with Crippen LogP contribution >= 0.6 is 12.6 Å². The molecule has 1 amide bonds. The molecule has 2 aromatic rings. The molecule has 1 spiro atoms. The summed E-state index contributed by atoms with van der Waals surface area (Å²) in [6, 6.07) is 11.9. The average molecular weight is 493 g/mol. The number of hydrogen-bond donors (Lipinski definition) is 1. The van der Waals surface area contributed by atoms with Gasteiger partial charge in [0.25, 0.3) is 5.91 Å². The van der Waals surface area contributed by atoms with Crippen LogP contribution < -0.4 is 14.5 Å². The lowest BCUT2D eigenvalue weighted by Gasteiger charge is -2.44. The van der Waals surface area contributed by atoms with E-state index in [2.05, 4.69) is 32.8 Å². The monoisotopic (exact) mass is 492 g/mol. The summed E-state index contributed by atoms with van der Waals surface area (Å²) in [4.78, 5) is 26.5. The molecular weight excluding hydrogens is 460 g/mol. The molecule has 2 aliphatic heterocycles. The lowest BCUT2D eigenvalue weighted by atomic mass is 9.75. The minimum absolute atomic E-state index is 0.0437. The Bertz CT molecular complexity index is 1120. The predicted molar refractivity (Wildman–Crippen MR) is 139 cm³/mol. The van der Waals surface area contributed by atoms with E-state index in [4.69, 9.17) is 17.4 Å². The van der Waals surface area contributed by atoms with Gasteiger partial charge < -0.3 is 14.5 Å². The number of carbonyl (C=O) groups excluding carboxylic acids is 1. The van der Waals surface area contributed by atoms with Crippen LogP contribution in [0.5, 0.6) is 5.75 Å². The Hall–Kier alpha value is -2.80. The maximum Gasteiger partial charge on any atom is 0.255 e. The van der Waals surface area contributed by atoms with Crippen molar-refractivity contribution in [3.63, 3.8) is 0 Å². The van der Waals surface area contributed by atoms with E-state index in [1.165, 1.54) is 0 Å². The second-order valence-electron chi connectivity index (χ2n) is 9.73. The third kappa shape index (κ3) is 4.35. The van der Waals surface area contributed by atoms with Crippen molar-refractivity contribution in [2.75, 3.05) is 56.2 Å². The summed E-state index contributed by atoms with van der Waals surface area (Å²) in [5, 5.41) is 9.22. The number of carbonyl (C=O) groups is 1. The van der Waals surface area contributed by atoms with Gasteiger partial charge >= 0.3 is 0 Å². The average Bonchev–Trinajstić information content (AvgIpc) is 3.07. The maximum absolute atomic E-state index is 13.7. The molecule has 3 heterocycles. The third-order valence-corrected chi connectivity index (χ3v) is 8.02. The number of amides is 1. The van der Waals surface area contributed by atoms with Gasteiger partial charge in [-0.1, -0.05) is 0 Å². The molecule has 1 aromatic heterocycles. The number of rotatable bonds is 6. The second kappa shape index (κ2) is 9.69. The highest BCUT2D eigenvalue weighted by Crippen LogP contribution is 2.50. The molecular formula is C26H32N6O2S. The lowest BCUT2D eigenvalue weighted by Crippen LogP contribution is -2.55. The molecule has 1 aromatic carbocycles. The first-order valence-corrected chi connectivity index (χ1v) is 12.8. The molecule has 35 heavy (non-hydrogen) atoms. The Morgan fingerprint density at radius 3 is 2.49 bits per heavy atom. The number of likely N-dealkylation sites (N-methyl/N-ethyl adjacent to an activating group) is 1. The minimum atomic E-state index is -0.585. The quantitative estimate of drug-likeness (QED) is 0.622. The van der Waals surface area contributed by atoms with Crippen LogP contribution in [0.25, 0.3) is 0 Å². The Kier molecular flexibility index (Phi) is 6.62. The van der Waals surface area contributed by atoms with Crippen molar-refractivity contribution < 1.29 is 9.53 Å². The molecule has 2 saturated heterocycles. The largest absolute Gasteiger partial charge is 0.492 e. The molecule has 8 nitrogen and oxygen atoms in total. The summed E-state index contributed by atoms with van der Waals surface area (Å²) in [7, 11) is 2.16. The first-order valence-electron chi connectivity index (χ1n) is 12.2. The van der Waals surface area contributed by atoms with E-state index in [0.717, 1.165) is 69.0 Å². The molecule has 184 valence electrons. The fraction of sp³-hybridized carbons (Fsp3) is 0.500. The molecule has 1 unspecified atom stereocenters. The van der Waals surface area contributed by atoms with Crippen molar-refractivity contribution in [2.24, 2.45) is 0 Å². The summed E-state index contributed by atoms with van der Waals surface area (Å²) in [5.41, 5.74) is 1.69. The van der Waals surface area contributed by atoms with Gasteiger partial charge in [-0.25, -0.2) is 4.98 Å². The number of benzene rings is 1. The van der Waals surface area contributed by atoms with Crippen molar-refractivity contribution >= 4 is 29.9 Å². The highest BCUT2D eigenvalue weighted by atomic mass is 32.1. The lowest BCUT2D eigenvalue weighted by molar-refractivity contribution is -0.124. The SMILES string of the molecule is Cc1cc(N2C(=O)C3(CCC3)N(c3ccc(OCCN4CCN(C)CC4)cc3)C2S)cnc1C#N. The van der Waals surface area contributed by atoms with Crippen LogP contribution in [0.3, 0.4) is 0 Å². The van der Waals surface area contributed by atoms with E-state index in [1.54, 1.807) is 11.1 Å². The predicted octanol–water partition coefficient (Wildman–Crippen LogP) is 2.88. The first-order chi connectivity index (χ1) is 16.9.